The molecule has 1 aliphatic carbocycles. The molecule has 0 fully saturated rings. The lowest BCUT2D eigenvalue weighted by atomic mass is 10.1. The molecule has 0 saturated heterocycles. The van der Waals surface area contributed by atoms with Crippen LogP contribution in [0.3, 0.4) is 0 Å². The summed E-state index contributed by atoms with van der Waals surface area (Å²) in [4.78, 5) is 11.2. The normalized spacial score (nSPS) is 10.3. The molecule has 2 rings (SSSR count). The van der Waals surface area contributed by atoms with Crippen LogP contribution in [-0.4, -0.2) is 20.5 Å². The van der Waals surface area contributed by atoms with Crippen molar-refractivity contribution < 1.29 is 5.11 Å². The molecule has 0 aromatic carbocycles. The Kier molecular flexibility index (Phi) is 1.30. The van der Waals surface area contributed by atoms with Crippen LogP contribution < -0.4 is 5.43 Å². The molecule has 0 amide bonds. The fourth-order valence-corrected chi connectivity index (χ4v) is 1.03. The van der Waals surface area contributed by atoms with Gasteiger partial charge >= 0.3 is 0 Å². The molecule has 0 bridgehead atoms. The first kappa shape index (κ1) is 6.78. The molecular formula is C7H5N3O2. The standard InChI is InChI=1S/C7H5N3O2/c11-5-3-1-2-4-6(5)7(12)9-10-8-4/h1-3,12H,(H,8,9). The molecule has 0 atom stereocenters. The highest BCUT2D eigenvalue weighted by Crippen LogP contribution is 2.20. The molecule has 0 radical (unpaired) electrons. The maximum atomic E-state index is 11.2. The number of aromatic hydroxyl groups is 1. The maximum absolute atomic E-state index is 11.2. The monoisotopic (exact) mass is 163 g/mol. The van der Waals surface area contributed by atoms with Crippen LogP contribution in [0.5, 0.6) is 5.88 Å². The average Bonchev–Trinajstić information content (AvgIpc) is 2.04. The van der Waals surface area contributed by atoms with Gasteiger partial charge < -0.3 is 5.11 Å². The summed E-state index contributed by atoms with van der Waals surface area (Å²) in [6.45, 7) is 0. The smallest absolute Gasteiger partial charge is 0.246 e. The third-order valence-corrected chi connectivity index (χ3v) is 1.57. The number of hydrogen-bond donors (Lipinski definition) is 2. The minimum absolute atomic E-state index is 0.174. The van der Waals surface area contributed by atoms with Crippen molar-refractivity contribution in [2.45, 2.75) is 0 Å². The van der Waals surface area contributed by atoms with E-state index in [2.05, 4.69) is 15.4 Å². The first-order valence-corrected chi connectivity index (χ1v) is 3.32. The van der Waals surface area contributed by atoms with E-state index in [0.717, 1.165) is 0 Å². The number of aromatic amines is 1. The van der Waals surface area contributed by atoms with Crippen molar-refractivity contribution in [2.75, 3.05) is 0 Å². The largest absolute Gasteiger partial charge is 0.492 e. The lowest BCUT2D eigenvalue weighted by Gasteiger charge is -2.01. The Morgan fingerprint density at radius 2 is 2.25 bits per heavy atom. The fraction of sp³-hybridized carbons (Fsp3) is 0. The third kappa shape index (κ3) is 0.833. The SMILES string of the molecule is O=c1cccc2[nH]nnc(O)c1-2. The summed E-state index contributed by atoms with van der Waals surface area (Å²) in [6, 6.07) is 4.59. The quantitative estimate of drug-likeness (QED) is 0.571. The van der Waals surface area contributed by atoms with E-state index in [-0.39, 0.29) is 16.9 Å². The molecule has 0 spiro atoms. The van der Waals surface area contributed by atoms with Crippen molar-refractivity contribution in [1.82, 2.24) is 15.4 Å². The number of hydrogen-bond acceptors (Lipinski definition) is 4. The molecular weight excluding hydrogens is 158 g/mol. The van der Waals surface area contributed by atoms with Gasteiger partial charge in [-0.25, -0.2) is 0 Å². The summed E-state index contributed by atoms with van der Waals surface area (Å²) >= 11 is 0. The van der Waals surface area contributed by atoms with Crippen molar-refractivity contribution in [3.8, 4) is 17.1 Å². The third-order valence-electron chi connectivity index (χ3n) is 1.57. The Morgan fingerprint density at radius 1 is 1.42 bits per heavy atom. The van der Waals surface area contributed by atoms with Crippen LogP contribution in [0.2, 0.25) is 0 Å². The number of fused-ring (bicyclic) bond motifs is 1. The fourth-order valence-electron chi connectivity index (χ4n) is 1.03. The van der Waals surface area contributed by atoms with Crippen LogP contribution in [0.15, 0.2) is 23.0 Å². The number of nitrogens with zero attached hydrogens (tertiary/aromatic N) is 2. The Hall–Kier alpha value is -1.91. The van der Waals surface area contributed by atoms with Gasteiger partial charge in [-0.05, 0) is 12.1 Å². The highest BCUT2D eigenvalue weighted by atomic mass is 16.3. The van der Waals surface area contributed by atoms with Gasteiger partial charge in [-0.15, -0.1) is 0 Å². The van der Waals surface area contributed by atoms with Crippen LogP contribution in [0, 0.1) is 0 Å². The minimum atomic E-state index is -0.339. The van der Waals surface area contributed by atoms with Gasteiger partial charge in [-0.1, -0.05) is 16.4 Å². The zero-order chi connectivity index (χ0) is 8.55. The molecule has 0 unspecified atom stereocenters. The molecule has 0 saturated carbocycles. The van der Waals surface area contributed by atoms with Gasteiger partial charge in [0.05, 0.1) is 5.69 Å². The van der Waals surface area contributed by atoms with Gasteiger partial charge in [0.25, 0.3) is 0 Å². The Bertz CT molecular complexity index is 437. The molecule has 5 nitrogen and oxygen atoms in total. The second-order valence-corrected chi connectivity index (χ2v) is 2.31. The average molecular weight is 163 g/mol. The van der Waals surface area contributed by atoms with E-state index in [9.17, 15) is 4.79 Å². The zero-order valence-electron chi connectivity index (χ0n) is 5.98. The molecule has 2 N–H and O–H groups in total. The summed E-state index contributed by atoms with van der Waals surface area (Å²) in [5, 5.41) is 18.4. The molecule has 1 heterocycles. The second-order valence-electron chi connectivity index (χ2n) is 2.31. The van der Waals surface area contributed by atoms with Gasteiger partial charge in [0.2, 0.25) is 5.88 Å². The molecule has 60 valence electrons. The van der Waals surface area contributed by atoms with Crippen LogP contribution in [0.25, 0.3) is 11.3 Å². The predicted molar refractivity (Wildman–Crippen MR) is 40.9 cm³/mol. The lowest BCUT2D eigenvalue weighted by molar-refractivity contribution is 0.441. The highest BCUT2D eigenvalue weighted by Gasteiger charge is 2.11. The van der Waals surface area contributed by atoms with E-state index in [4.69, 9.17) is 5.11 Å². The van der Waals surface area contributed by atoms with E-state index >= 15 is 0 Å². The topological polar surface area (TPSA) is 78.9 Å². The zero-order valence-corrected chi connectivity index (χ0v) is 5.98. The Labute approximate surface area is 67.0 Å². The van der Waals surface area contributed by atoms with Crippen molar-refractivity contribution in [3.05, 3.63) is 28.4 Å². The van der Waals surface area contributed by atoms with Crippen LogP contribution >= 0.6 is 0 Å². The predicted octanol–water partition coefficient (Wildman–Crippen LogP) is -0.0247. The van der Waals surface area contributed by atoms with Gasteiger partial charge in [0.1, 0.15) is 5.56 Å². The number of aromatic nitrogens is 3. The summed E-state index contributed by atoms with van der Waals surface area (Å²) in [7, 11) is 0. The van der Waals surface area contributed by atoms with Gasteiger partial charge in [-0.3, -0.25) is 9.89 Å². The number of benzene rings is 1. The minimum Gasteiger partial charge on any atom is -0.492 e. The number of rotatable bonds is 0. The van der Waals surface area contributed by atoms with E-state index in [1.165, 1.54) is 6.07 Å². The van der Waals surface area contributed by atoms with E-state index in [0.29, 0.717) is 5.69 Å². The molecule has 1 aliphatic heterocycles. The van der Waals surface area contributed by atoms with Crippen molar-refractivity contribution in [2.24, 2.45) is 0 Å². The first-order valence-electron chi connectivity index (χ1n) is 3.32. The lowest BCUT2D eigenvalue weighted by Crippen LogP contribution is -2.07. The summed E-state index contributed by atoms with van der Waals surface area (Å²) in [5.41, 5.74) is 0.388. The molecule has 0 aromatic heterocycles. The van der Waals surface area contributed by atoms with Crippen molar-refractivity contribution in [3.63, 3.8) is 0 Å². The van der Waals surface area contributed by atoms with E-state index in [1.807, 2.05) is 0 Å². The Morgan fingerprint density at radius 3 is 3.00 bits per heavy atom. The van der Waals surface area contributed by atoms with Crippen LogP contribution in [-0.2, 0) is 0 Å². The van der Waals surface area contributed by atoms with Gasteiger partial charge in [0.15, 0.2) is 5.43 Å². The summed E-state index contributed by atoms with van der Waals surface area (Å²) in [5.74, 6) is -0.339. The van der Waals surface area contributed by atoms with Crippen LogP contribution in [0.1, 0.15) is 0 Å². The number of H-pyrrole nitrogens is 1. The van der Waals surface area contributed by atoms with Crippen LogP contribution in [0.4, 0.5) is 0 Å². The number of nitrogens with one attached hydrogen (secondary N) is 1. The highest BCUT2D eigenvalue weighted by molar-refractivity contribution is 5.64. The van der Waals surface area contributed by atoms with Crippen molar-refractivity contribution >= 4 is 0 Å². The first-order chi connectivity index (χ1) is 5.79. The van der Waals surface area contributed by atoms with E-state index < -0.39 is 0 Å². The van der Waals surface area contributed by atoms with Gasteiger partial charge in [0, 0.05) is 0 Å². The second kappa shape index (κ2) is 2.30. The van der Waals surface area contributed by atoms with Crippen molar-refractivity contribution in [1.29, 1.82) is 0 Å². The summed E-state index contributed by atoms with van der Waals surface area (Å²) < 4.78 is 0. The van der Waals surface area contributed by atoms with E-state index in [1.54, 1.807) is 12.1 Å². The molecule has 2 aliphatic rings. The molecule has 12 heavy (non-hydrogen) atoms. The summed E-state index contributed by atoms with van der Waals surface area (Å²) in [6.07, 6.45) is 0. The molecule has 5 heteroatoms. The molecule has 0 aromatic rings. The Balaban J connectivity index is 2.94. The van der Waals surface area contributed by atoms with Gasteiger partial charge in [-0.2, -0.15) is 0 Å². The maximum Gasteiger partial charge on any atom is 0.246 e.